The number of halogens is 1. The number of alkyl halides is 1. The highest BCUT2D eigenvalue weighted by atomic mass is 35.5. The second kappa shape index (κ2) is 6.37. The SMILES string of the molecule is CC(CCl)CCCNS(=O)(=O)c1cn(C)cn1. The molecular formula is C10H18ClN3O2S. The third-order valence-corrected chi connectivity index (χ3v) is 4.26. The first-order valence-electron chi connectivity index (χ1n) is 5.49. The molecule has 0 aliphatic carbocycles. The largest absolute Gasteiger partial charge is 0.339 e. The average molecular weight is 280 g/mol. The highest BCUT2D eigenvalue weighted by molar-refractivity contribution is 7.89. The summed E-state index contributed by atoms with van der Waals surface area (Å²) in [7, 11) is -1.73. The van der Waals surface area contributed by atoms with Crippen LogP contribution in [0.2, 0.25) is 0 Å². The van der Waals surface area contributed by atoms with E-state index in [1.165, 1.54) is 12.5 Å². The van der Waals surface area contributed by atoms with E-state index in [1.54, 1.807) is 11.6 Å². The van der Waals surface area contributed by atoms with E-state index < -0.39 is 10.0 Å². The van der Waals surface area contributed by atoms with Crippen LogP contribution in [0, 0.1) is 5.92 Å². The van der Waals surface area contributed by atoms with Crippen LogP contribution in [-0.2, 0) is 17.1 Å². The Morgan fingerprint density at radius 3 is 2.82 bits per heavy atom. The third-order valence-electron chi connectivity index (χ3n) is 2.39. The lowest BCUT2D eigenvalue weighted by atomic mass is 10.1. The van der Waals surface area contributed by atoms with Crippen LogP contribution in [0.4, 0.5) is 0 Å². The lowest BCUT2D eigenvalue weighted by molar-refractivity contribution is 0.542. The molecule has 1 unspecified atom stereocenters. The van der Waals surface area contributed by atoms with E-state index in [4.69, 9.17) is 11.6 Å². The minimum absolute atomic E-state index is 0.0605. The summed E-state index contributed by atoms with van der Waals surface area (Å²) < 4.78 is 27.6. The summed E-state index contributed by atoms with van der Waals surface area (Å²) in [5.74, 6) is 1.02. The fourth-order valence-corrected chi connectivity index (χ4v) is 2.54. The number of nitrogens with one attached hydrogen (secondary N) is 1. The monoisotopic (exact) mass is 279 g/mol. The van der Waals surface area contributed by atoms with E-state index in [9.17, 15) is 8.42 Å². The van der Waals surface area contributed by atoms with E-state index in [-0.39, 0.29) is 5.03 Å². The molecule has 1 N–H and O–H groups in total. The Hall–Kier alpha value is -0.590. The van der Waals surface area contributed by atoms with Gasteiger partial charge in [0.15, 0.2) is 5.03 Å². The summed E-state index contributed by atoms with van der Waals surface area (Å²) >= 11 is 5.67. The second-order valence-corrected chi connectivity index (χ2v) is 6.20. The molecule has 0 aliphatic rings. The maximum atomic E-state index is 11.7. The van der Waals surface area contributed by atoms with Gasteiger partial charge in [0.2, 0.25) is 0 Å². The van der Waals surface area contributed by atoms with Gasteiger partial charge in [-0.2, -0.15) is 0 Å². The fourth-order valence-electron chi connectivity index (χ4n) is 1.34. The zero-order chi connectivity index (χ0) is 12.9. The molecule has 1 aromatic heterocycles. The number of hydrogen-bond donors (Lipinski definition) is 1. The number of nitrogens with zero attached hydrogens (tertiary/aromatic N) is 2. The van der Waals surface area contributed by atoms with Crippen LogP contribution < -0.4 is 4.72 Å². The molecule has 0 aromatic carbocycles. The molecule has 0 spiro atoms. The fraction of sp³-hybridized carbons (Fsp3) is 0.700. The first-order chi connectivity index (χ1) is 7.95. The summed E-state index contributed by atoms with van der Waals surface area (Å²) in [5, 5.41) is 0.0605. The van der Waals surface area contributed by atoms with Gasteiger partial charge in [0.1, 0.15) is 0 Å². The molecule has 5 nitrogen and oxygen atoms in total. The van der Waals surface area contributed by atoms with Gasteiger partial charge in [0.05, 0.1) is 6.33 Å². The maximum absolute atomic E-state index is 11.7. The molecule has 0 aliphatic heterocycles. The molecule has 0 saturated carbocycles. The van der Waals surface area contributed by atoms with Gasteiger partial charge in [-0.15, -0.1) is 11.6 Å². The minimum Gasteiger partial charge on any atom is -0.339 e. The van der Waals surface area contributed by atoms with Crippen LogP contribution in [0.25, 0.3) is 0 Å². The van der Waals surface area contributed by atoms with Crippen molar-refractivity contribution in [3.8, 4) is 0 Å². The molecule has 98 valence electrons. The zero-order valence-corrected chi connectivity index (χ0v) is 11.6. The summed E-state index contributed by atoms with van der Waals surface area (Å²) in [5.41, 5.74) is 0. The van der Waals surface area contributed by atoms with Gasteiger partial charge in [-0.05, 0) is 18.8 Å². The zero-order valence-electron chi connectivity index (χ0n) is 10.1. The van der Waals surface area contributed by atoms with Gasteiger partial charge in [0, 0.05) is 25.7 Å². The van der Waals surface area contributed by atoms with Crippen molar-refractivity contribution >= 4 is 21.6 Å². The van der Waals surface area contributed by atoms with Gasteiger partial charge in [0.25, 0.3) is 10.0 Å². The van der Waals surface area contributed by atoms with Gasteiger partial charge >= 0.3 is 0 Å². The van der Waals surface area contributed by atoms with Crippen LogP contribution in [0.5, 0.6) is 0 Å². The Morgan fingerprint density at radius 1 is 1.59 bits per heavy atom. The molecule has 17 heavy (non-hydrogen) atoms. The van der Waals surface area contributed by atoms with Crippen molar-refractivity contribution in [1.29, 1.82) is 0 Å². The topological polar surface area (TPSA) is 64.0 Å². The minimum atomic E-state index is -3.46. The number of hydrogen-bond acceptors (Lipinski definition) is 3. The third kappa shape index (κ3) is 4.65. The highest BCUT2D eigenvalue weighted by Gasteiger charge is 2.15. The highest BCUT2D eigenvalue weighted by Crippen LogP contribution is 2.08. The maximum Gasteiger partial charge on any atom is 0.259 e. The standard InChI is InChI=1S/C10H18ClN3O2S/c1-9(6-11)4-3-5-13-17(15,16)10-7-14(2)8-12-10/h7-9,13H,3-6H2,1-2H3. The summed E-state index contributed by atoms with van der Waals surface area (Å²) in [4.78, 5) is 3.81. The molecule has 0 bridgehead atoms. The summed E-state index contributed by atoms with van der Waals surface area (Å²) in [6, 6.07) is 0. The smallest absolute Gasteiger partial charge is 0.259 e. The quantitative estimate of drug-likeness (QED) is 0.605. The number of imidazole rings is 1. The first-order valence-corrected chi connectivity index (χ1v) is 7.51. The van der Waals surface area contributed by atoms with Crippen molar-refractivity contribution in [3.63, 3.8) is 0 Å². The Labute approximate surface area is 107 Å². The van der Waals surface area contributed by atoms with Crippen LogP contribution in [0.1, 0.15) is 19.8 Å². The van der Waals surface area contributed by atoms with E-state index in [1.807, 2.05) is 6.92 Å². The average Bonchev–Trinajstić information content (AvgIpc) is 2.71. The van der Waals surface area contributed by atoms with E-state index in [0.717, 1.165) is 12.8 Å². The van der Waals surface area contributed by atoms with Crippen molar-refractivity contribution in [2.24, 2.45) is 13.0 Å². The molecule has 0 fully saturated rings. The van der Waals surface area contributed by atoms with E-state index in [2.05, 4.69) is 9.71 Å². The molecule has 0 amide bonds. The number of aryl methyl sites for hydroxylation is 1. The Kier molecular flexibility index (Phi) is 5.42. The van der Waals surface area contributed by atoms with Gasteiger partial charge < -0.3 is 4.57 Å². The molecule has 1 aromatic rings. The molecule has 1 rings (SSSR count). The number of aromatic nitrogens is 2. The first kappa shape index (κ1) is 14.5. The van der Waals surface area contributed by atoms with Gasteiger partial charge in [-0.1, -0.05) is 6.92 Å². The normalized spacial score (nSPS) is 13.8. The molecular weight excluding hydrogens is 262 g/mol. The lowest BCUT2D eigenvalue weighted by Gasteiger charge is -2.07. The number of rotatable bonds is 7. The molecule has 1 heterocycles. The van der Waals surface area contributed by atoms with Crippen LogP contribution in [0.3, 0.4) is 0 Å². The molecule has 0 radical (unpaired) electrons. The molecule has 7 heteroatoms. The van der Waals surface area contributed by atoms with Crippen molar-refractivity contribution in [1.82, 2.24) is 14.3 Å². The van der Waals surface area contributed by atoms with E-state index in [0.29, 0.717) is 18.3 Å². The van der Waals surface area contributed by atoms with Crippen molar-refractivity contribution in [2.75, 3.05) is 12.4 Å². The second-order valence-electron chi connectivity index (χ2n) is 4.18. The molecule has 0 saturated heterocycles. The summed E-state index contributed by atoms with van der Waals surface area (Å²) in [6.07, 6.45) is 4.63. The predicted octanol–water partition coefficient (Wildman–Crippen LogP) is 1.35. The Balaban J connectivity index is 2.41. The predicted molar refractivity (Wildman–Crippen MR) is 67.5 cm³/mol. The van der Waals surface area contributed by atoms with Crippen molar-refractivity contribution in [3.05, 3.63) is 12.5 Å². The van der Waals surface area contributed by atoms with Crippen LogP contribution in [-0.4, -0.2) is 30.4 Å². The lowest BCUT2D eigenvalue weighted by Crippen LogP contribution is -2.25. The van der Waals surface area contributed by atoms with Gasteiger partial charge in [-0.3, -0.25) is 0 Å². The van der Waals surface area contributed by atoms with Crippen LogP contribution >= 0.6 is 11.6 Å². The Morgan fingerprint density at radius 2 is 2.29 bits per heavy atom. The van der Waals surface area contributed by atoms with Crippen LogP contribution in [0.15, 0.2) is 17.6 Å². The van der Waals surface area contributed by atoms with Gasteiger partial charge in [-0.25, -0.2) is 18.1 Å². The Bertz CT molecular complexity index is 444. The number of sulfonamides is 1. The van der Waals surface area contributed by atoms with Crippen molar-refractivity contribution < 1.29 is 8.42 Å². The summed E-state index contributed by atoms with van der Waals surface area (Å²) in [6.45, 7) is 2.46. The van der Waals surface area contributed by atoms with Crippen molar-refractivity contribution in [2.45, 2.75) is 24.8 Å². The molecule has 1 atom stereocenters. The van der Waals surface area contributed by atoms with E-state index >= 15 is 0 Å².